The minimum absolute atomic E-state index is 0.0170. The number of hydrogen-bond donors (Lipinski definition) is 2. The van der Waals surface area contributed by atoms with Crippen LogP contribution in [0.25, 0.3) is 5.69 Å². The Balaban J connectivity index is 1.19. The highest BCUT2D eigenvalue weighted by Gasteiger charge is 2.30. The molecule has 2 N–H and O–H groups in total. The van der Waals surface area contributed by atoms with Crippen LogP contribution in [-0.4, -0.2) is 51.6 Å². The fraction of sp³-hybridized carbons (Fsp3) is 0.333. The van der Waals surface area contributed by atoms with Gasteiger partial charge in [0.25, 0.3) is 5.91 Å². The molecule has 0 radical (unpaired) electrons. The van der Waals surface area contributed by atoms with Gasteiger partial charge < -0.3 is 20.3 Å². The number of urea groups is 1. The van der Waals surface area contributed by atoms with Gasteiger partial charge in [0.1, 0.15) is 5.75 Å². The number of anilines is 2. The SMILES string of the molecule is Cc1cc(C)n(-c2cccc(NC(=O)N3CCC(C(=O)c4ccc5c(c4)NC(=O)C(C)O5)CC3)c2)n1. The van der Waals surface area contributed by atoms with Crippen molar-refractivity contribution in [3.8, 4) is 11.4 Å². The highest BCUT2D eigenvalue weighted by atomic mass is 16.5. The molecule has 36 heavy (non-hydrogen) atoms. The molecule has 186 valence electrons. The fourth-order valence-corrected chi connectivity index (χ4v) is 4.75. The molecule has 3 aromatic rings. The Morgan fingerprint density at radius 1 is 1.08 bits per heavy atom. The van der Waals surface area contributed by atoms with E-state index in [1.807, 2.05) is 48.9 Å². The van der Waals surface area contributed by atoms with E-state index in [-0.39, 0.29) is 23.6 Å². The van der Waals surface area contributed by atoms with Crippen molar-refractivity contribution >= 4 is 29.1 Å². The maximum atomic E-state index is 13.1. The van der Waals surface area contributed by atoms with Gasteiger partial charge in [-0.25, -0.2) is 9.48 Å². The van der Waals surface area contributed by atoms with Crippen LogP contribution in [0.1, 0.15) is 41.5 Å². The molecular weight excluding hydrogens is 458 g/mol. The average Bonchev–Trinajstić information content (AvgIpc) is 3.22. The van der Waals surface area contributed by atoms with Crippen molar-refractivity contribution in [2.24, 2.45) is 5.92 Å². The lowest BCUT2D eigenvalue weighted by Gasteiger charge is -2.31. The van der Waals surface area contributed by atoms with E-state index in [0.717, 1.165) is 17.1 Å². The predicted octanol–water partition coefficient (Wildman–Crippen LogP) is 4.34. The molecule has 5 rings (SSSR count). The van der Waals surface area contributed by atoms with Gasteiger partial charge in [0.05, 0.1) is 17.1 Å². The molecule has 0 saturated carbocycles. The maximum Gasteiger partial charge on any atom is 0.321 e. The number of piperidine rings is 1. The van der Waals surface area contributed by atoms with Gasteiger partial charge in [0, 0.05) is 36.0 Å². The molecule has 2 aliphatic heterocycles. The number of ether oxygens (including phenoxy) is 1. The molecule has 0 bridgehead atoms. The average molecular weight is 488 g/mol. The van der Waals surface area contributed by atoms with E-state index >= 15 is 0 Å². The lowest BCUT2D eigenvalue weighted by Crippen LogP contribution is -2.42. The van der Waals surface area contributed by atoms with Crippen LogP contribution in [0.4, 0.5) is 16.2 Å². The smallest absolute Gasteiger partial charge is 0.321 e. The number of aromatic nitrogens is 2. The number of carbonyl (C=O) groups excluding carboxylic acids is 3. The van der Waals surface area contributed by atoms with Crippen molar-refractivity contribution in [1.82, 2.24) is 14.7 Å². The van der Waals surface area contributed by atoms with Gasteiger partial charge in [-0.2, -0.15) is 5.10 Å². The number of fused-ring (bicyclic) bond motifs is 1. The van der Waals surface area contributed by atoms with Gasteiger partial charge >= 0.3 is 6.03 Å². The second-order valence-electron chi connectivity index (χ2n) is 9.41. The van der Waals surface area contributed by atoms with Crippen LogP contribution in [0.5, 0.6) is 5.75 Å². The van der Waals surface area contributed by atoms with Crippen LogP contribution in [0.2, 0.25) is 0 Å². The van der Waals surface area contributed by atoms with Crippen LogP contribution in [-0.2, 0) is 4.79 Å². The second kappa shape index (κ2) is 9.49. The molecule has 2 aromatic carbocycles. The molecule has 3 amide bonds. The number of ketones is 1. The molecule has 1 aromatic heterocycles. The number of likely N-dealkylation sites (tertiary alicyclic amines) is 1. The molecule has 3 heterocycles. The molecule has 2 aliphatic rings. The monoisotopic (exact) mass is 487 g/mol. The number of nitrogens with one attached hydrogen (secondary N) is 2. The largest absolute Gasteiger partial charge is 0.479 e. The first-order chi connectivity index (χ1) is 17.3. The Hall–Kier alpha value is -4.14. The van der Waals surface area contributed by atoms with E-state index in [9.17, 15) is 14.4 Å². The maximum absolute atomic E-state index is 13.1. The minimum atomic E-state index is -0.559. The fourth-order valence-electron chi connectivity index (χ4n) is 4.75. The highest BCUT2D eigenvalue weighted by molar-refractivity contribution is 6.02. The van der Waals surface area contributed by atoms with Crippen LogP contribution in [0, 0.1) is 19.8 Å². The highest BCUT2D eigenvalue weighted by Crippen LogP contribution is 2.32. The number of amides is 3. The summed E-state index contributed by atoms with van der Waals surface area (Å²) < 4.78 is 7.42. The third kappa shape index (κ3) is 4.68. The van der Waals surface area contributed by atoms with Gasteiger partial charge in [0.2, 0.25) is 0 Å². The van der Waals surface area contributed by atoms with E-state index in [2.05, 4.69) is 15.7 Å². The summed E-state index contributed by atoms with van der Waals surface area (Å²) in [5.74, 6) is 0.169. The van der Waals surface area contributed by atoms with E-state index in [0.29, 0.717) is 48.6 Å². The van der Waals surface area contributed by atoms with Crippen LogP contribution >= 0.6 is 0 Å². The summed E-state index contributed by atoms with van der Waals surface area (Å²) in [7, 11) is 0. The first-order valence-electron chi connectivity index (χ1n) is 12.1. The van der Waals surface area contributed by atoms with Crippen molar-refractivity contribution < 1.29 is 19.1 Å². The summed E-state index contributed by atoms with van der Waals surface area (Å²) in [6.45, 7) is 6.59. The third-order valence-electron chi connectivity index (χ3n) is 6.70. The number of Topliss-reactive ketones (excluding diaryl/α,β-unsaturated/α-hetero) is 1. The first-order valence-corrected chi connectivity index (χ1v) is 12.1. The summed E-state index contributed by atoms with van der Waals surface area (Å²) >= 11 is 0. The van der Waals surface area contributed by atoms with Crippen LogP contribution in [0.3, 0.4) is 0 Å². The van der Waals surface area contributed by atoms with Crippen molar-refractivity contribution in [1.29, 1.82) is 0 Å². The summed E-state index contributed by atoms with van der Waals surface area (Å²) in [5, 5.41) is 10.3. The Labute approximate surface area is 209 Å². The summed E-state index contributed by atoms with van der Waals surface area (Å²) in [5.41, 5.74) is 4.58. The molecular formula is C27H29N5O4. The van der Waals surface area contributed by atoms with Crippen LogP contribution in [0.15, 0.2) is 48.5 Å². The van der Waals surface area contributed by atoms with E-state index < -0.39 is 6.10 Å². The van der Waals surface area contributed by atoms with E-state index in [1.54, 1.807) is 30.0 Å². The van der Waals surface area contributed by atoms with Gasteiger partial charge in [-0.1, -0.05) is 6.07 Å². The third-order valence-corrected chi connectivity index (χ3v) is 6.70. The lowest BCUT2D eigenvalue weighted by molar-refractivity contribution is -0.122. The number of carbonyl (C=O) groups is 3. The molecule has 0 spiro atoms. The Bertz CT molecular complexity index is 1340. The zero-order valence-electron chi connectivity index (χ0n) is 20.6. The van der Waals surface area contributed by atoms with Crippen LogP contribution < -0.4 is 15.4 Å². The summed E-state index contributed by atoms with van der Waals surface area (Å²) in [4.78, 5) is 39.7. The number of nitrogens with zero attached hydrogens (tertiary/aromatic N) is 3. The summed E-state index contributed by atoms with van der Waals surface area (Å²) in [6, 6.07) is 14.5. The number of rotatable bonds is 4. The van der Waals surface area contributed by atoms with E-state index in [4.69, 9.17) is 4.74 Å². The predicted molar refractivity (Wildman–Crippen MR) is 136 cm³/mol. The molecule has 0 aliphatic carbocycles. The number of benzene rings is 2. The number of hydrogen-bond acceptors (Lipinski definition) is 5. The summed E-state index contributed by atoms with van der Waals surface area (Å²) in [6.07, 6.45) is 0.597. The standard InChI is InChI=1S/C27H29N5O4/c1-16-13-17(2)32(30-16)22-6-4-5-21(15-22)28-27(35)31-11-9-19(10-12-31)25(33)20-7-8-24-23(14-20)29-26(34)18(3)36-24/h4-8,13-15,18-19H,9-12H2,1-3H3,(H,28,35)(H,29,34). The van der Waals surface area contributed by atoms with Gasteiger partial charge in [-0.15, -0.1) is 0 Å². The first kappa shape index (κ1) is 23.6. The Morgan fingerprint density at radius 3 is 2.58 bits per heavy atom. The van der Waals surface area contributed by atoms with Crippen molar-refractivity contribution in [2.75, 3.05) is 23.7 Å². The number of aryl methyl sites for hydroxylation is 2. The molecule has 9 heteroatoms. The van der Waals surface area contributed by atoms with Crippen molar-refractivity contribution in [3.63, 3.8) is 0 Å². The quantitative estimate of drug-likeness (QED) is 0.533. The Morgan fingerprint density at radius 2 is 1.86 bits per heavy atom. The minimum Gasteiger partial charge on any atom is -0.479 e. The Kier molecular flexibility index (Phi) is 6.22. The molecule has 1 saturated heterocycles. The molecule has 1 atom stereocenters. The second-order valence-corrected chi connectivity index (χ2v) is 9.41. The molecule has 9 nitrogen and oxygen atoms in total. The normalized spacial score (nSPS) is 17.7. The van der Waals surface area contributed by atoms with E-state index in [1.165, 1.54) is 0 Å². The van der Waals surface area contributed by atoms with Crippen molar-refractivity contribution in [2.45, 2.75) is 39.7 Å². The van der Waals surface area contributed by atoms with Crippen molar-refractivity contribution in [3.05, 3.63) is 65.5 Å². The van der Waals surface area contributed by atoms with Gasteiger partial charge in [-0.05, 0) is 76.1 Å². The molecule has 1 fully saturated rings. The molecule has 1 unspecified atom stereocenters. The van der Waals surface area contributed by atoms with Gasteiger partial charge in [-0.3, -0.25) is 9.59 Å². The lowest BCUT2D eigenvalue weighted by atomic mass is 9.88. The van der Waals surface area contributed by atoms with Gasteiger partial charge in [0.15, 0.2) is 11.9 Å². The zero-order valence-corrected chi connectivity index (χ0v) is 20.6. The zero-order chi connectivity index (χ0) is 25.4. The topological polar surface area (TPSA) is 106 Å².